The smallest absolute Gasteiger partial charge is 0.317 e. The lowest BCUT2D eigenvalue weighted by Gasteiger charge is -2.37. The number of hydrogen-bond donors (Lipinski definition) is 1. The lowest BCUT2D eigenvalue weighted by Crippen LogP contribution is -2.52. The molecule has 0 radical (unpaired) electrons. The fourth-order valence-electron chi connectivity index (χ4n) is 2.85. The largest absolute Gasteiger partial charge is 0.382 e. The van der Waals surface area contributed by atoms with E-state index in [1.165, 1.54) is 16.8 Å². The van der Waals surface area contributed by atoms with Crippen LogP contribution in [0.5, 0.6) is 0 Å². The van der Waals surface area contributed by atoms with Crippen LogP contribution < -0.4 is 10.2 Å². The zero-order valence-electron chi connectivity index (χ0n) is 14.6. The molecule has 0 aliphatic carbocycles. The first-order valence-corrected chi connectivity index (χ1v) is 8.55. The van der Waals surface area contributed by atoms with Crippen molar-refractivity contribution in [3.63, 3.8) is 0 Å². The molecule has 1 aromatic carbocycles. The lowest BCUT2D eigenvalue weighted by molar-refractivity contribution is 0.143. The second-order valence-corrected chi connectivity index (χ2v) is 5.98. The number of nitrogens with zero attached hydrogens (tertiary/aromatic N) is 2. The molecule has 1 fully saturated rings. The number of rotatable bonds is 6. The Bertz CT molecular complexity index is 511. The van der Waals surface area contributed by atoms with Crippen molar-refractivity contribution in [3.8, 4) is 0 Å². The molecule has 0 bridgehead atoms. The standard InChI is InChI=1S/C18H29N3O2/c1-4-23-14-6-9-19-18(22)21-12-10-20(11-13-21)17-8-5-7-15(2)16(17)3/h5,7-8H,4,6,9-14H2,1-3H3,(H,19,22). The van der Waals surface area contributed by atoms with Crippen LogP contribution in [0.25, 0.3) is 0 Å². The predicted octanol–water partition coefficient (Wildman–Crippen LogP) is 2.56. The van der Waals surface area contributed by atoms with E-state index in [-0.39, 0.29) is 6.03 Å². The Labute approximate surface area is 139 Å². The van der Waals surface area contributed by atoms with E-state index < -0.39 is 0 Å². The zero-order valence-corrected chi connectivity index (χ0v) is 14.6. The molecule has 5 heteroatoms. The maximum Gasteiger partial charge on any atom is 0.317 e. The Kier molecular flexibility index (Phi) is 6.71. The summed E-state index contributed by atoms with van der Waals surface area (Å²) in [5.41, 5.74) is 3.94. The number of benzene rings is 1. The van der Waals surface area contributed by atoms with Crippen LogP contribution in [0.15, 0.2) is 18.2 Å². The number of anilines is 1. The van der Waals surface area contributed by atoms with Gasteiger partial charge in [-0.15, -0.1) is 0 Å². The first kappa shape index (κ1) is 17.6. The van der Waals surface area contributed by atoms with E-state index in [4.69, 9.17) is 4.74 Å². The van der Waals surface area contributed by atoms with E-state index in [1.54, 1.807) is 0 Å². The van der Waals surface area contributed by atoms with Gasteiger partial charge in [-0.05, 0) is 44.4 Å². The first-order valence-electron chi connectivity index (χ1n) is 8.55. The Morgan fingerprint density at radius 1 is 1.22 bits per heavy atom. The van der Waals surface area contributed by atoms with E-state index in [1.807, 2.05) is 11.8 Å². The van der Waals surface area contributed by atoms with Crippen LogP contribution in [-0.2, 0) is 4.74 Å². The van der Waals surface area contributed by atoms with Crippen molar-refractivity contribution in [1.82, 2.24) is 10.2 Å². The summed E-state index contributed by atoms with van der Waals surface area (Å²) in [4.78, 5) is 16.4. The van der Waals surface area contributed by atoms with Gasteiger partial charge in [-0.3, -0.25) is 0 Å². The quantitative estimate of drug-likeness (QED) is 0.820. The second-order valence-electron chi connectivity index (χ2n) is 5.98. The topological polar surface area (TPSA) is 44.8 Å². The summed E-state index contributed by atoms with van der Waals surface area (Å²) in [6, 6.07) is 6.47. The molecule has 1 heterocycles. The average molecular weight is 319 g/mol. The summed E-state index contributed by atoms with van der Waals surface area (Å²) < 4.78 is 5.27. The normalized spacial score (nSPS) is 14.9. The number of piperazine rings is 1. The van der Waals surface area contributed by atoms with Gasteiger partial charge in [0, 0.05) is 51.6 Å². The van der Waals surface area contributed by atoms with Crippen LogP contribution in [0.2, 0.25) is 0 Å². The minimum Gasteiger partial charge on any atom is -0.382 e. The number of ether oxygens (including phenoxy) is 1. The molecule has 0 saturated carbocycles. The molecular weight excluding hydrogens is 290 g/mol. The van der Waals surface area contributed by atoms with Gasteiger partial charge in [0.05, 0.1) is 0 Å². The van der Waals surface area contributed by atoms with E-state index in [0.29, 0.717) is 13.2 Å². The van der Waals surface area contributed by atoms with Crippen LogP contribution in [0.3, 0.4) is 0 Å². The number of aryl methyl sites for hydroxylation is 1. The molecule has 2 amide bonds. The van der Waals surface area contributed by atoms with Gasteiger partial charge in [0.15, 0.2) is 0 Å². The van der Waals surface area contributed by atoms with Gasteiger partial charge >= 0.3 is 6.03 Å². The molecule has 0 unspecified atom stereocenters. The Morgan fingerprint density at radius 3 is 2.65 bits per heavy atom. The molecule has 1 saturated heterocycles. The summed E-state index contributed by atoms with van der Waals surface area (Å²) in [6.45, 7) is 11.7. The average Bonchev–Trinajstić information content (AvgIpc) is 2.57. The third kappa shape index (κ3) is 4.86. The van der Waals surface area contributed by atoms with Crippen LogP contribution >= 0.6 is 0 Å². The molecule has 0 atom stereocenters. The molecule has 0 aromatic heterocycles. The monoisotopic (exact) mass is 319 g/mol. The Balaban J connectivity index is 1.77. The molecule has 1 aromatic rings. The van der Waals surface area contributed by atoms with Gasteiger partial charge in [0.2, 0.25) is 0 Å². The van der Waals surface area contributed by atoms with Gasteiger partial charge in [-0.1, -0.05) is 12.1 Å². The minimum atomic E-state index is 0.0436. The third-order valence-electron chi connectivity index (χ3n) is 4.43. The highest BCUT2D eigenvalue weighted by Crippen LogP contribution is 2.23. The maximum absolute atomic E-state index is 12.2. The molecular formula is C18H29N3O2. The highest BCUT2D eigenvalue weighted by Gasteiger charge is 2.21. The number of carbonyl (C=O) groups excluding carboxylic acids is 1. The van der Waals surface area contributed by atoms with Gasteiger partial charge in [0.1, 0.15) is 0 Å². The molecule has 0 spiro atoms. The fraction of sp³-hybridized carbons (Fsp3) is 0.611. The van der Waals surface area contributed by atoms with Crippen molar-refractivity contribution in [3.05, 3.63) is 29.3 Å². The fourth-order valence-corrected chi connectivity index (χ4v) is 2.85. The number of amides is 2. The number of nitrogens with one attached hydrogen (secondary N) is 1. The van der Waals surface area contributed by atoms with Crippen LogP contribution in [0, 0.1) is 13.8 Å². The van der Waals surface area contributed by atoms with Crippen LogP contribution in [-0.4, -0.2) is 56.9 Å². The van der Waals surface area contributed by atoms with Gasteiger partial charge in [-0.25, -0.2) is 4.79 Å². The highest BCUT2D eigenvalue weighted by atomic mass is 16.5. The summed E-state index contributed by atoms with van der Waals surface area (Å²) in [5, 5.41) is 2.97. The summed E-state index contributed by atoms with van der Waals surface area (Å²) in [6.07, 6.45) is 0.863. The predicted molar refractivity (Wildman–Crippen MR) is 94.2 cm³/mol. The summed E-state index contributed by atoms with van der Waals surface area (Å²) >= 11 is 0. The minimum absolute atomic E-state index is 0.0436. The third-order valence-corrected chi connectivity index (χ3v) is 4.43. The maximum atomic E-state index is 12.2. The van der Waals surface area contributed by atoms with Crippen molar-refractivity contribution in [1.29, 1.82) is 0 Å². The number of urea groups is 1. The molecule has 1 aliphatic heterocycles. The van der Waals surface area contributed by atoms with Gasteiger partial charge < -0.3 is 19.9 Å². The van der Waals surface area contributed by atoms with E-state index in [0.717, 1.165) is 39.2 Å². The van der Waals surface area contributed by atoms with Gasteiger partial charge in [0.25, 0.3) is 0 Å². The van der Waals surface area contributed by atoms with Crippen molar-refractivity contribution < 1.29 is 9.53 Å². The van der Waals surface area contributed by atoms with Crippen molar-refractivity contribution in [2.24, 2.45) is 0 Å². The van der Waals surface area contributed by atoms with Crippen molar-refractivity contribution >= 4 is 11.7 Å². The highest BCUT2D eigenvalue weighted by molar-refractivity contribution is 5.74. The molecule has 23 heavy (non-hydrogen) atoms. The Hall–Kier alpha value is -1.75. The number of carbonyl (C=O) groups is 1. The van der Waals surface area contributed by atoms with E-state index in [9.17, 15) is 4.79 Å². The lowest BCUT2D eigenvalue weighted by atomic mass is 10.1. The van der Waals surface area contributed by atoms with Crippen LogP contribution in [0.4, 0.5) is 10.5 Å². The molecule has 5 nitrogen and oxygen atoms in total. The van der Waals surface area contributed by atoms with Crippen molar-refractivity contribution in [2.75, 3.05) is 50.8 Å². The molecule has 1 aliphatic rings. The first-order chi connectivity index (χ1) is 11.1. The zero-order chi connectivity index (χ0) is 16.7. The van der Waals surface area contributed by atoms with Crippen molar-refractivity contribution in [2.45, 2.75) is 27.2 Å². The van der Waals surface area contributed by atoms with Gasteiger partial charge in [-0.2, -0.15) is 0 Å². The molecule has 128 valence electrons. The molecule has 2 rings (SSSR count). The SMILES string of the molecule is CCOCCCNC(=O)N1CCN(c2cccc(C)c2C)CC1. The second kappa shape index (κ2) is 8.77. The summed E-state index contributed by atoms with van der Waals surface area (Å²) in [7, 11) is 0. The van der Waals surface area contributed by atoms with E-state index >= 15 is 0 Å². The number of hydrogen-bond acceptors (Lipinski definition) is 3. The Morgan fingerprint density at radius 2 is 1.96 bits per heavy atom. The van der Waals surface area contributed by atoms with E-state index in [2.05, 4.69) is 42.3 Å². The molecule has 1 N–H and O–H groups in total. The van der Waals surface area contributed by atoms with Crippen LogP contribution in [0.1, 0.15) is 24.5 Å². The summed E-state index contributed by atoms with van der Waals surface area (Å²) in [5.74, 6) is 0.